The van der Waals surface area contributed by atoms with Gasteiger partial charge in [-0.05, 0) is 25.2 Å². The molecule has 2 rings (SSSR count). The van der Waals surface area contributed by atoms with Gasteiger partial charge < -0.3 is 5.32 Å². The van der Waals surface area contributed by atoms with Crippen molar-refractivity contribution in [3.05, 3.63) is 69.4 Å². The maximum absolute atomic E-state index is 13.9. The average molecular weight is 330 g/mol. The van der Waals surface area contributed by atoms with E-state index in [4.69, 9.17) is 0 Å². The van der Waals surface area contributed by atoms with Crippen LogP contribution in [-0.2, 0) is 0 Å². The molecule has 1 atom stereocenters. The number of hydrogen-bond donors (Lipinski definition) is 1. The Morgan fingerprint density at radius 3 is 2.37 bits per heavy atom. The van der Waals surface area contributed by atoms with Gasteiger partial charge in [0.1, 0.15) is 5.82 Å². The first-order valence-corrected chi connectivity index (χ1v) is 6.40. The summed E-state index contributed by atoms with van der Waals surface area (Å²) >= 11 is 3.16. The number of hydrogen-bond acceptors (Lipinski definition) is 1. The van der Waals surface area contributed by atoms with Gasteiger partial charge in [0.25, 0.3) is 0 Å². The second-order valence-electron chi connectivity index (χ2n) is 4.03. The lowest BCUT2D eigenvalue weighted by atomic mass is 9.98. The first-order valence-electron chi connectivity index (χ1n) is 5.60. The largest absolute Gasteiger partial charge is 0.309 e. The fourth-order valence-corrected chi connectivity index (χ4v) is 2.29. The zero-order valence-electron chi connectivity index (χ0n) is 10.1. The SMILES string of the molecule is CNC(c1ccc(Br)cc1F)c1cccc(F)c1F. The van der Waals surface area contributed by atoms with Crippen LogP contribution in [0.3, 0.4) is 0 Å². The highest BCUT2D eigenvalue weighted by Crippen LogP contribution is 2.28. The minimum atomic E-state index is -0.968. The summed E-state index contributed by atoms with van der Waals surface area (Å²) in [6, 6.07) is 7.59. The lowest BCUT2D eigenvalue weighted by Crippen LogP contribution is -2.20. The van der Waals surface area contributed by atoms with E-state index >= 15 is 0 Å². The molecule has 0 radical (unpaired) electrons. The van der Waals surface area contributed by atoms with E-state index in [1.54, 1.807) is 13.1 Å². The lowest BCUT2D eigenvalue weighted by Gasteiger charge is -2.19. The summed E-state index contributed by atoms with van der Waals surface area (Å²) in [5.41, 5.74) is 0.332. The minimum absolute atomic E-state index is 0.0729. The molecule has 2 aromatic rings. The fourth-order valence-electron chi connectivity index (χ4n) is 1.96. The molecular formula is C14H11BrF3N. The van der Waals surface area contributed by atoms with E-state index in [1.807, 2.05) is 0 Å². The lowest BCUT2D eigenvalue weighted by molar-refractivity contribution is 0.482. The number of nitrogens with one attached hydrogen (secondary N) is 1. The molecule has 0 spiro atoms. The first kappa shape index (κ1) is 14.1. The van der Waals surface area contributed by atoms with Crippen molar-refractivity contribution in [2.24, 2.45) is 0 Å². The predicted octanol–water partition coefficient (Wildman–Crippen LogP) is 4.18. The molecule has 0 heterocycles. The number of halogens is 4. The van der Waals surface area contributed by atoms with E-state index in [0.29, 0.717) is 4.47 Å². The van der Waals surface area contributed by atoms with E-state index < -0.39 is 23.5 Å². The van der Waals surface area contributed by atoms with Crippen molar-refractivity contribution >= 4 is 15.9 Å². The van der Waals surface area contributed by atoms with Crippen LogP contribution in [0, 0.1) is 17.5 Å². The third-order valence-electron chi connectivity index (χ3n) is 2.85. The van der Waals surface area contributed by atoms with Crippen LogP contribution in [0.1, 0.15) is 17.2 Å². The molecule has 0 saturated carbocycles. The van der Waals surface area contributed by atoms with E-state index in [9.17, 15) is 13.2 Å². The van der Waals surface area contributed by atoms with Crippen LogP contribution < -0.4 is 5.32 Å². The van der Waals surface area contributed by atoms with Gasteiger partial charge in [0.2, 0.25) is 0 Å². The number of rotatable bonds is 3. The van der Waals surface area contributed by atoms with Gasteiger partial charge >= 0.3 is 0 Å². The molecule has 0 fully saturated rings. The third kappa shape index (κ3) is 2.82. The molecule has 0 aliphatic rings. The summed E-state index contributed by atoms with van der Waals surface area (Å²) in [4.78, 5) is 0. The van der Waals surface area contributed by atoms with Gasteiger partial charge in [-0.1, -0.05) is 34.1 Å². The highest BCUT2D eigenvalue weighted by molar-refractivity contribution is 9.10. The smallest absolute Gasteiger partial charge is 0.163 e. The normalized spacial score (nSPS) is 12.5. The van der Waals surface area contributed by atoms with Crippen molar-refractivity contribution in [2.45, 2.75) is 6.04 Å². The highest BCUT2D eigenvalue weighted by Gasteiger charge is 2.21. The molecule has 19 heavy (non-hydrogen) atoms. The summed E-state index contributed by atoms with van der Waals surface area (Å²) in [5, 5.41) is 2.80. The van der Waals surface area contributed by atoms with E-state index in [0.717, 1.165) is 6.07 Å². The summed E-state index contributed by atoms with van der Waals surface area (Å²) in [7, 11) is 1.57. The minimum Gasteiger partial charge on any atom is -0.309 e. The topological polar surface area (TPSA) is 12.0 Å². The van der Waals surface area contributed by atoms with Crippen molar-refractivity contribution in [3.8, 4) is 0 Å². The van der Waals surface area contributed by atoms with E-state index in [-0.39, 0.29) is 11.1 Å². The third-order valence-corrected chi connectivity index (χ3v) is 3.35. The van der Waals surface area contributed by atoms with Crippen LogP contribution >= 0.6 is 15.9 Å². The molecule has 0 amide bonds. The molecule has 1 N–H and O–H groups in total. The summed E-state index contributed by atoms with van der Waals surface area (Å²) in [5.74, 6) is -2.41. The average Bonchev–Trinajstić information content (AvgIpc) is 2.37. The van der Waals surface area contributed by atoms with Crippen molar-refractivity contribution < 1.29 is 13.2 Å². The van der Waals surface area contributed by atoms with Gasteiger partial charge in [-0.2, -0.15) is 0 Å². The Bertz CT molecular complexity index is 601. The Balaban J connectivity index is 2.53. The maximum atomic E-state index is 13.9. The Morgan fingerprint density at radius 2 is 1.74 bits per heavy atom. The van der Waals surface area contributed by atoms with Crippen LogP contribution in [0.4, 0.5) is 13.2 Å². The molecule has 0 saturated heterocycles. The quantitative estimate of drug-likeness (QED) is 0.890. The van der Waals surface area contributed by atoms with Crippen molar-refractivity contribution in [1.82, 2.24) is 5.32 Å². The predicted molar refractivity (Wildman–Crippen MR) is 71.4 cm³/mol. The molecule has 5 heteroatoms. The van der Waals surface area contributed by atoms with Crippen molar-refractivity contribution in [2.75, 3.05) is 7.05 Å². The molecule has 0 aliphatic heterocycles. The monoisotopic (exact) mass is 329 g/mol. The standard InChI is InChI=1S/C14H11BrF3N/c1-19-14(9-6-5-8(15)7-12(9)17)10-3-2-4-11(16)13(10)18/h2-7,14,19H,1H3. The molecular weight excluding hydrogens is 319 g/mol. The maximum Gasteiger partial charge on any atom is 0.163 e. The van der Waals surface area contributed by atoms with Gasteiger partial charge in [-0.25, -0.2) is 13.2 Å². The summed E-state index contributed by atoms with van der Waals surface area (Å²) in [6.07, 6.45) is 0. The fraction of sp³-hybridized carbons (Fsp3) is 0.143. The van der Waals surface area contributed by atoms with Crippen LogP contribution in [0.15, 0.2) is 40.9 Å². The second-order valence-corrected chi connectivity index (χ2v) is 4.95. The zero-order valence-corrected chi connectivity index (χ0v) is 11.6. The van der Waals surface area contributed by atoms with Crippen LogP contribution in [0.25, 0.3) is 0 Å². The summed E-state index contributed by atoms with van der Waals surface area (Å²) < 4.78 is 41.5. The van der Waals surface area contributed by atoms with Crippen molar-refractivity contribution in [1.29, 1.82) is 0 Å². The Morgan fingerprint density at radius 1 is 1.00 bits per heavy atom. The van der Waals surface area contributed by atoms with E-state index in [2.05, 4.69) is 21.2 Å². The number of benzene rings is 2. The van der Waals surface area contributed by atoms with Gasteiger partial charge in [0.15, 0.2) is 11.6 Å². The Kier molecular flexibility index (Phi) is 4.27. The second kappa shape index (κ2) is 5.75. The van der Waals surface area contributed by atoms with Gasteiger partial charge in [-0.3, -0.25) is 0 Å². The van der Waals surface area contributed by atoms with Crippen LogP contribution in [-0.4, -0.2) is 7.05 Å². The molecule has 0 aliphatic carbocycles. The summed E-state index contributed by atoms with van der Waals surface area (Å²) in [6.45, 7) is 0. The van der Waals surface area contributed by atoms with Crippen LogP contribution in [0.2, 0.25) is 0 Å². The molecule has 2 aromatic carbocycles. The molecule has 0 bridgehead atoms. The first-order chi connectivity index (χ1) is 9.04. The molecule has 1 unspecified atom stereocenters. The van der Waals surface area contributed by atoms with E-state index in [1.165, 1.54) is 24.3 Å². The van der Waals surface area contributed by atoms with Gasteiger partial charge in [0, 0.05) is 15.6 Å². The molecule has 1 nitrogen and oxygen atoms in total. The zero-order chi connectivity index (χ0) is 14.0. The Labute approximate surface area is 117 Å². The molecule has 0 aromatic heterocycles. The molecule has 100 valence electrons. The van der Waals surface area contributed by atoms with Crippen molar-refractivity contribution in [3.63, 3.8) is 0 Å². The Hall–Kier alpha value is -1.33. The highest BCUT2D eigenvalue weighted by atomic mass is 79.9. The van der Waals surface area contributed by atoms with Crippen LogP contribution in [0.5, 0.6) is 0 Å². The van der Waals surface area contributed by atoms with Gasteiger partial charge in [0.05, 0.1) is 6.04 Å². The van der Waals surface area contributed by atoms with Gasteiger partial charge in [-0.15, -0.1) is 0 Å².